The quantitative estimate of drug-likeness (QED) is 0.820. The SMILES string of the molecule is N#CC1=CN(Cc2ccc3c(c2)OCO3)C=CC1C#N. The lowest BCUT2D eigenvalue weighted by atomic mass is 10.0. The molecule has 5 heteroatoms. The molecule has 1 aromatic carbocycles. The van der Waals surface area contributed by atoms with Gasteiger partial charge in [0.05, 0.1) is 17.7 Å². The summed E-state index contributed by atoms with van der Waals surface area (Å²) in [5, 5.41) is 18.0. The Morgan fingerprint density at radius 2 is 2.10 bits per heavy atom. The summed E-state index contributed by atoms with van der Waals surface area (Å²) in [4.78, 5) is 1.88. The Bertz CT molecular complexity index is 679. The second-order valence-electron chi connectivity index (χ2n) is 4.50. The van der Waals surface area contributed by atoms with Crippen LogP contribution in [0.2, 0.25) is 0 Å². The fourth-order valence-corrected chi connectivity index (χ4v) is 2.16. The van der Waals surface area contributed by atoms with Crippen molar-refractivity contribution in [3.05, 3.63) is 47.8 Å². The zero-order chi connectivity index (χ0) is 13.9. The number of fused-ring (bicyclic) bond motifs is 1. The Morgan fingerprint density at radius 3 is 2.90 bits per heavy atom. The van der Waals surface area contributed by atoms with E-state index in [1.54, 1.807) is 12.3 Å². The number of benzene rings is 1. The maximum atomic E-state index is 9.04. The molecule has 0 spiro atoms. The lowest BCUT2D eigenvalue weighted by Crippen LogP contribution is -2.16. The van der Waals surface area contributed by atoms with E-state index in [-0.39, 0.29) is 6.79 Å². The number of nitrogens with zero attached hydrogens (tertiary/aromatic N) is 3. The zero-order valence-corrected chi connectivity index (χ0v) is 10.6. The van der Waals surface area contributed by atoms with Gasteiger partial charge in [0.15, 0.2) is 11.5 Å². The Kier molecular flexibility index (Phi) is 3.02. The summed E-state index contributed by atoms with van der Waals surface area (Å²) in [5.74, 6) is 1.04. The van der Waals surface area contributed by atoms with E-state index in [4.69, 9.17) is 20.0 Å². The van der Waals surface area contributed by atoms with Gasteiger partial charge in [0.2, 0.25) is 6.79 Å². The topological polar surface area (TPSA) is 69.3 Å². The minimum Gasteiger partial charge on any atom is -0.454 e. The van der Waals surface area contributed by atoms with Crippen LogP contribution in [0.5, 0.6) is 11.5 Å². The molecule has 1 aromatic rings. The van der Waals surface area contributed by atoms with Crippen molar-refractivity contribution >= 4 is 0 Å². The van der Waals surface area contributed by atoms with Crippen molar-refractivity contribution in [3.63, 3.8) is 0 Å². The molecule has 1 unspecified atom stereocenters. The van der Waals surface area contributed by atoms with E-state index in [0.29, 0.717) is 12.1 Å². The number of nitriles is 2. The van der Waals surface area contributed by atoms with Gasteiger partial charge in [0.25, 0.3) is 0 Å². The summed E-state index contributed by atoms with van der Waals surface area (Å²) in [6.07, 6.45) is 5.25. The molecule has 0 aromatic heterocycles. The average Bonchev–Trinajstić information content (AvgIpc) is 2.94. The van der Waals surface area contributed by atoms with Gasteiger partial charge in [0.1, 0.15) is 5.92 Å². The third-order valence-electron chi connectivity index (χ3n) is 3.18. The minimum atomic E-state index is -0.451. The van der Waals surface area contributed by atoms with Crippen LogP contribution in [0.25, 0.3) is 0 Å². The summed E-state index contributed by atoms with van der Waals surface area (Å²) in [6, 6.07) is 9.90. The van der Waals surface area contributed by atoms with Crippen LogP contribution < -0.4 is 9.47 Å². The summed E-state index contributed by atoms with van der Waals surface area (Å²) in [5.41, 5.74) is 1.50. The first-order valence-electron chi connectivity index (χ1n) is 6.14. The van der Waals surface area contributed by atoms with Gasteiger partial charge in [-0.2, -0.15) is 10.5 Å². The van der Waals surface area contributed by atoms with E-state index < -0.39 is 5.92 Å². The molecule has 20 heavy (non-hydrogen) atoms. The predicted molar refractivity (Wildman–Crippen MR) is 70.0 cm³/mol. The Hall–Kier alpha value is -2.92. The number of ether oxygens (including phenoxy) is 2. The lowest BCUT2D eigenvalue weighted by Gasteiger charge is -2.21. The second-order valence-corrected chi connectivity index (χ2v) is 4.50. The minimum absolute atomic E-state index is 0.255. The molecule has 0 aliphatic carbocycles. The van der Waals surface area contributed by atoms with Gasteiger partial charge in [-0.1, -0.05) is 6.07 Å². The van der Waals surface area contributed by atoms with Crippen LogP contribution in [-0.2, 0) is 6.54 Å². The molecule has 0 saturated heterocycles. The summed E-state index contributed by atoms with van der Waals surface area (Å²) < 4.78 is 10.6. The molecule has 0 bridgehead atoms. The van der Waals surface area contributed by atoms with Gasteiger partial charge in [-0.15, -0.1) is 0 Å². The van der Waals surface area contributed by atoms with E-state index in [2.05, 4.69) is 12.1 Å². The van der Waals surface area contributed by atoms with Gasteiger partial charge in [-0.3, -0.25) is 0 Å². The lowest BCUT2D eigenvalue weighted by molar-refractivity contribution is 0.174. The summed E-state index contributed by atoms with van der Waals surface area (Å²) in [7, 11) is 0. The molecule has 3 rings (SSSR count). The molecule has 0 amide bonds. The second kappa shape index (κ2) is 4.99. The fraction of sp³-hybridized carbons (Fsp3) is 0.200. The first-order chi connectivity index (χ1) is 9.80. The molecule has 2 aliphatic heterocycles. The first-order valence-corrected chi connectivity index (χ1v) is 6.14. The Balaban J connectivity index is 1.78. The Labute approximate surface area is 116 Å². The molecule has 1 atom stereocenters. The fourth-order valence-electron chi connectivity index (χ4n) is 2.16. The van der Waals surface area contributed by atoms with Crippen molar-refractivity contribution in [1.82, 2.24) is 4.90 Å². The molecule has 98 valence electrons. The van der Waals surface area contributed by atoms with Crippen LogP contribution in [0.1, 0.15) is 5.56 Å². The molecule has 2 aliphatic rings. The monoisotopic (exact) mass is 265 g/mol. The third-order valence-corrected chi connectivity index (χ3v) is 3.18. The van der Waals surface area contributed by atoms with E-state index in [1.165, 1.54) is 0 Å². The molecule has 0 N–H and O–H groups in total. The number of allylic oxidation sites excluding steroid dienone is 2. The molecule has 0 saturated carbocycles. The normalized spacial score (nSPS) is 19.2. The van der Waals surface area contributed by atoms with E-state index in [0.717, 1.165) is 17.1 Å². The standard InChI is InChI=1S/C15H11N3O2/c16-6-12-3-4-18(9-13(12)7-17)8-11-1-2-14-15(5-11)20-10-19-14/h1-5,9,12H,8,10H2. The number of hydrogen-bond acceptors (Lipinski definition) is 5. The van der Waals surface area contributed by atoms with Crippen LogP contribution >= 0.6 is 0 Å². The zero-order valence-electron chi connectivity index (χ0n) is 10.6. The molecule has 5 nitrogen and oxygen atoms in total. The van der Waals surface area contributed by atoms with Crippen molar-refractivity contribution < 1.29 is 9.47 Å². The Morgan fingerprint density at radius 1 is 1.25 bits per heavy atom. The highest BCUT2D eigenvalue weighted by Gasteiger charge is 2.17. The van der Waals surface area contributed by atoms with Crippen molar-refractivity contribution in [1.29, 1.82) is 10.5 Å². The van der Waals surface area contributed by atoms with Crippen molar-refractivity contribution in [2.75, 3.05) is 6.79 Å². The van der Waals surface area contributed by atoms with Crippen molar-refractivity contribution in [2.45, 2.75) is 6.54 Å². The maximum Gasteiger partial charge on any atom is 0.231 e. The average molecular weight is 265 g/mol. The van der Waals surface area contributed by atoms with Crippen LogP contribution in [-0.4, -0.2) is 11.7 Å². The molecular formula is C15H11N3O2. The van der Waals surface area contributed by atoms with Gasteiger partial charge in [-0.25, -0.2) is 0 Å². The molecule has 2 heterocycles. The number of rotatable bonds is 2. The highest BCUT2D eigenvalue weighted by Crippen LogP contribution is 2.33. The van der Waals surface area contributed by atoms with Crippen LogP contribution in [0, 0.1) is 28.6 Å². The van der Waals surface area contributed by atoms with Crippen molar-refractivity contribution in [3.8, 4) is 23.6 Å². The highest BCUT2D eigenvalue weighted by atomic mass is 16.7. The van der Waals surface area contributed by atoms with Crippen molar-refractivity contribution in [2.24, 2.45) is 5.92 Å². The van der Waals surface area contributed by atoms with E-state index in [1.807, 2.05) is 29.3 Å². The van der Waals surface area contributed by atoms with Gasteiger partial charge >= 0.3 is 0 Å². The van der Waals surface area contributed by atoms with Crippen LogP contribution in [0.15, 0.2) is 42.2 Å². The number of hydrogen-bond donors (Lipinski definition) is 0. The highest BCUT2D eigenvalue weighted by molar-refractivity contribution is 5.44. The molecule has 0 fully saturated rings. The first kappa shape index (κ1) is 12.1. The summed E-state index contributed by atoms with van der Waals surface area (Å²) >= 11 is 0. The van der Waals surface area contributed by atoms with Crippen LogP contribution in [0.4, 0.5) is 0 Å². The van der Waals surface area contributed by atoms with Gasteiger partial charge in [0, 0.05) is 18.9 Å². The molecular weight excluding hydrogens is 254 g/mol. The van der Waals surface area contributed by atoms with Gasteiger partial charge < -0.3 is 14.4 Å². The van der Waals surface area contributed by atoms with Crippen LogP contribution in [0.3, 0.4) is 0 Å². The summed E-state index contributed by atoms with van der Waals surface area (Å²) in [6.45, 7) is 0.862. The van der Waals surface area contributed by atoms with E-state index in [9.17, 15) is 0 Å². The predicted octanol–water partition coefficient (Wildman–Crippen LogP) is 2.29. The maximum absolute atomic E-state index is 9.04. The molecule has 0 radical (unpaired) electrons. The van der Waals surface area contributed by atoms with E-state index >= 15 is 0 Å². The smallest absolute Gasteiger partial charge is 0.231 e. The van der Waals surface area contributed by atoms with Gasteiger partial charge in [-0.05, 0) is 23.8 Å². The third kappa shape index (κ3) is 2.17. The largest absolute Gasteiger partial charge is 0.454 e.